The van der Waals surface area contributed by atoms with Crippen molar-refractivity contribution in [2.45, 2.75) is 86.2 Å². The van der Waals surface area contributed by atoms with E-state index in [1.54, 1.807) is 0 Å². The Bertz CT molecular complexity index is 524. The largest absolute Gasteiger partial charge is 0.481 e. The van der Waals surface area contributed by atoms with Crippen molar-refractivity contribution in [2.24, 2.45) is 40.4 Å². The van der Waals surface area contributed by atoms with Gasteiger partial charge < -0.3 is 14.9 Å². The van der Waals surface area contributed by atoms with Gasteiger partial charge in [0.1, 0.15) is 0 Å². The molecule has 2 rings (SSSR count). The fraction of sp³-hybridized carbons (Fsp3) is 0.913. The lowest BCUT2D eigenvalue weighted by Gasteiger charge is -2.48. The molecule has 0 bridgehead atoms. The third-order valence-electron chi connectivity index (χ3n) is 7.12. The summed E-state index contributed by atoms with van der Waals surface area (Å²) in [5.41, 5.74) is -0.145. The first-order chi connectivity index (χ1) is 12.8. The molecule has 2 aliphatic carbocycles. The lowest BCUT2D eigenvalue weighted by molar-refractivity contribution is -0.160. The Balaban J connectivity index is 1.97. The maximum absolute atomic E-state index is 12.9. The summed E-state index contributed by atoms with van der Waals surface area (Å²) in [6.07, 6.45) is 3.89. The van der Waals surface area contributed by atoms with E-state index in [2.05, 4.69) is 41.5 Å². The molecular weight excluding hydrogens is 356 g/mol. The Morgan fingerprint density at radius 2 is 1.32 bits per heavy atom. The number of ether oxygens (including phenoxy) is 1. The first kappa shape index (κ1) is 23.2. The molecule has 0 aromatic heterocycles. The van der Waals surface area contributed by atoms with Crippen LogP contribution in [0, 0.1) is 40.4 Å². The van der Waals surface area contributed by atoms with E-state index in [-0.39, 0.29) is 46.4 Å². The summed E-state index contributed by atoms with van der Waals surface area (Å²) in [7, 11) is 0. The number of aliphatic carboxylic acids is 1. The third-order valence-corrected chi connectivity index (χ3v) is 7.12. The molecule has 2 unspecified atom stereocenters. The Kier molecular flexibility index (Phi) is 7.22. The van der Waals surface area contributed by atoms with Crippen molar-refractivity contribution in [1.82, 2.24) is 0 Å². The molecule has 2 atom stereocenters. The van der Waals surface area contributed by atoms with Crippen LogP contribution >= 0.6 is 0 Å². The Hall–Kier alpha value is -1.10. The molecule has 5 heteroatoms. The zero-order valence-corrected chi connectivity index (χ0v) is 18.5. The zero-order valence-electron chi connectivity index (χ0n) is 18.5. The molecule has 5 nitrogen and oxygen atoms in total. The number of esters is 1. The quantitative estimate of drug-likeness (QED) is 0.683. The van der Waals surface area contributed by atoms with Gasteiger partial charge in [0.05, 0.1) is 24.5 Å². The number of hydrogen-bond acceptors (Lipinski definition) is 4. The second-order valence-corrected chi connectivity index (χ2v) is 11.3. The summed E-state index contributed by atoms with van der Waals surface area (Å²) in [4.78, 5) is 23.9. The summed E-state index contributed by atoms with van der Waals surface area (Å²) in [6, 6.07) is 0. The number of rotatable bonds is 4. The molecule has 0 aliphatic heterocycles. The molecule has 0 spiro atoms. The highest BCUT2D eigenvalue weighted by Gasteiger charge is 2.48. The van der Waals surface area contributed by atoms with Crippen LogP contribution in [0.4, 0.5) is 0 Å². The lowest BCUT2D eigenvalue weighted by atomic mass is 9.58. The molecule has 2 saturated carbocycles. The molecule has 2 N–H and O–H groups in total. The van der Waals surface area contributed by atoms with Crippen molar-refractivity contribution < 1.29 is 24.5 Å². The topological polar surface area (TPSA) is 83.8 Å². The van der Waals surface area contributed by atoms with Gasteiger partial charge >= 0.3 is 11.9 Å². The highest BCUT2D eigenvalue weighted by atomic mass is 16.5. The van der Waals surface area contributed by atoms with E-state index in [0.717, 1.165) is 12.8 Å². The number of carboxylic acid groups (broad SMARTS) is 1. The van der Waals surface area contributed by atoms with Gasteiger partial charge in [-0.3, -0.25) is 9.59 Å². The van der Waals surface area contributed by atoms with Gasteiger partial charge in [0, 0.05) is 0 Å². The second-order valence-electron chi connectivity index (χ2n) is 11.3. The molecule has 2 fully saturated rings. The standard InChI is InChI=1S/C23H40O5/c1-22(2,3)17-11-16(12-18(19(17)24)23(4,5)6)21(27)28-13-14-7-9-15(10-8-14)20(25)26/h14-19,24H,7-13H2,1-6H3,(H,25,26). The minimum atomic E-state index is -0.711. The average Bonchev–Trinajstić information content (AvgIpc) is 2.58. The van der Waals surface area contributed by atoms with Crippen LogP contribution in [0.5, 0.6) is 0 Å². The number of carboxylic acids is 1. The van der Waals surface area contributed by atoms with Gasteiger partial charge in [-0.05, 0) is 67.1 Å². The predicted molar refractivity (Wildman–Crippen MR) is 109 cm³/mol. The van der Waals surface area contributed by atoms with Gasteiger partial charge in [0.2, 0.25) is 0 Å². The van der Waals surface area contributed by atoms with Gasteiger partial charge in [-0.2, -0.15) is 0 Å². The molecule has 0 radical (unpaired) electrons. The third kappa shape index (κ3) is 5.71. The van der Waals surface area contributed by atoms with Crippen molar-refractivity contribution >= 4 is 11.9 Å². The molecule has 28 heavy (non-hydrogen) atoms. The van der Waals surface area contributed by atoms with Crippen molar-refractivity contribution in [3.05, 3.63) is 0 Å². The molecule has 0 aromatic carbocycles. The van der Waals surface area contributed by atoms with Crippen molar-refractivity contribution in [3.8, 4) is 0 Å². The average molecular weight is 397 g/mol. The summed E-state index contributed by atoms with van der Waals surface area (Å²) in [6.45, 7) is 13.2. The van der Waals surface area contributed by atoms with Crippen LogP contribution in [0.2, 0.25) is 0 Å². The number of carbonyl (C=O) groups excluding carboxylic acids is 1. The normalized spacial score (nSPS) is 34.7. The van der Waals surface area contributed by atoms with Crippen LogP contribution in [0.3, 0.4) is 0 Å². The van der Waals surface area contributed by atoms with Crippen LogP contribution in [0.25, 0.3) is 0 Å². The first-order valence-corrected chi connectivity index (χ1v) is 10.9. The summed E-state index contributed by atoms with van der Waals surface area (Å²) < 4.78 is 5.71. The van der Waals surface area contributed by atoms with Gasteiger partial charge in [-0.1, -0.05) is 41.5 Å². The van der Waals surface area contributed by atoms with Crippen molar-refractivity contribution in [3.63, 3.8) is 0 Å². The molecule has 0 heterocycles. The maximum Gasteiger partial charge on any atom is 0.308 e. The molecule has 0 amide bonds. The van der Waals surface area contributed by atoms with E-state index >= 15 is 0 Å². The van der Waals surface area contributed by atoms with Crippen molar-refractivity contribution in [2.75, 3.05) is 6.61 Å². The smallest absolute Gasteiger partial charge is 0.308 e. The zero-order chi connectivity index (χ0) is 21.3. The molecule has 2 aliphatic rings. The Morgan fingerprint density at radius 3 is 1.71 bits per heavy atom. The first-order valence-electron chi connectivity index (χ1n) is 10.9. The highest BCUT2D eigenvalue weighted by molar-refractivity contribution is 5.72. The van der Waals surface area contributed by atoms with Crippen LogP contribution in [0.15, 0.2) is 0 Å². The van der Waals surface area contributed by atoms with Crippen LogP contribution in [0.1, 0.15) is 80.1 Å². The van der Waals surface area contributed by atoms with Crippen LogP contribution in [-0.4, -0.2) is 34.9 Å². The predicted octanol–water partition coefficient (Wildman–Crippen LogP) is 4.52. The van der Waals surface area contributed by atoms with E-state index in [0.29, 0.717) is 32.3 Å². The van der Waals surface area contributed by atoms with Crippen molar-refractivity contribution in [1.29, 1.82) is 0 Å². The Morgan fingerprint density at radius 1 is 0.857 bits per heavy atom. The monoisotopic (exact) mass is 396 g/mol. The van der Waals surface area contributed by atoms with E-state index in [9.17, 15) is 14.7 Å². The fourth-order valence-corrected chi connectivity index (χ4v) is 5.09. The lowest BCUT2D eigenvalue weighted by Crippen LogP contribution is -2.49. The molecule has 0 aromatic rings. The van der Waals surface area contributed by atoms with E-state index in [4.69, 9.17) is 9.84 Å². The van der Waals surface area contributed by atoms with E-state index < -0.39 is 12.1 Å². The Labute approximate surface area is 170 Å². The number of hydrogen-bond donors (Lipinski definition) is 2. The molecule has 162 valence electrons. The second kappa shape index (κ2) is 8.73. The minimum absolute atomic E-state index is 0.0639. The minimum Gasteiger partial charge on any atom is -0.481 e. The maximum atomic E-state index is 12.9. The fourth-order valence-electron chi connectivity index (χ4n) is 5.09. The molecule has 0 saturated heterocycles. The highest BCUT2D eigenvalue weighted by Crippen LogP contribution is 2.48. The number of aliphatic hydroxyl groups is 1. The SMILES string of the molecule is CC(C)(C)C1CC(C(=O)OCC2CCC(C(=O)O)CC2)CC(C(C)(C)C)C1O. The van der Waals surface area contributed by atoms with Crippen LogP contribution < -0.4 is 0 Å². The summed E-state index contributed by atoms with van der Waals surface area (Å²) >= 11 is 0. The van der Waals surface area contributed by atoms with Gasteiger partial charge in [-0.15, -0.1) is 0 Å². The van der Waals surface area contributed by atoms with Gasteiger partial charge in [-0.25, -0.2) is 0 Å². The van der Waals surface area contributed by atoms with Gasteiger partial charge in [0.15, 0.2) is 0 Å². The summed E-state index contributed by atoms with van der Waals surface area (Å²) in [5.74, 6) is -0.874. The van der Waals surface area contributed by atoms with Gasteiger partial charge in [0.25, 0.3) is 0 Å². The summed E-state index contributed by atoms with van der Waals surface area (Å²) in [5, 5.41) is 20.1. The molecular formula is C23H40O5. The van der Waals surface area contributed by atoms with E-state index in [1.807, 2.05) is 0 Å². The number of aliphatic hydroxyl groups excluding tert-OH is 1. The van der Waals surface area contributed by atoms with E-state index in [1.165, 1.54) is 0 Å². The number of carbonyl (C=O) groups is 2. The van der Waals surface area contributed by atoms with Crippen LogP contribution in [-0.2, 0) is 14.3 Å².